The summed E-state index contributed by atoms with van der Waals surface area (Å²) in [4.78, 5) is 12.2. The van der Waals surface area contributed by atoms with Gasteiger partial charge >= 0.3 is 0 Å². The number of furan rings is 1. The molecule has 0 aliphatic carbocycles. The summed E-state index contributed by atoms with van der Waals surface area (Å²) in [6.45, 7) is 0.390. The van der Waals surface area contributed by atoms with Gasteiger partial charge in [-0.3, -0.25) is 4.79 Å². The molecule has 4 nitrogen and oxygen atoms in total. The maximum atomic E-state index is 11.7. The molecule has 0 aliphatic rings. The van der Waals surface area contributed by atoms with Gasteiger partial charge in [-0.1, -0.05) is 11.6 Å². The summed E-state index contributed by atoms with van der Waals surface area (Å²) < 4.78 is 5.46. The molecule has 0 fully saturated rings. The quantitative estimate of drug-likeness (QED) is 0.888. The van der Waals surface area contributed by atoms with E-state index in [1.165, 1.54) is 23.9 Å². The number of amides is 1. The Bertz CT molecular complexity index is 509. The Morgan fingerprint density at radius 1 is 1.50 bits per heavy atom. The summed E-state index contributed by atoms with van der Waals surface area (Å²) in [7, 11) is 0. The van der Waals surface area contributed by atoms with Gasteiger partial charge in [0.2, 0.25) is 0 Å². The van der Waals surface area contributed by atoms with Gasteiger partial charge in [-0.15, -0.1) is 11.3 Å². The molecule has 6 heteroatoms. The van der Waals surface area contributed by atoms with Crippen molar-refractivity contribution in [3.8, 4) is 0 Å². The normalized spacial score (nSPS) is 12.3. The van der Waals surface area contributed by atoms with Gasteiger partial charge in [0.05, 0.1) is 27.8 Å². The van der Waals surface area contributed by atoms with E-state index in [1.54, 1.807) is 18.2 Å². The minimum absolute atomic E-state index is 0.175. The van der Waals surface area contributed by atoms with Gasteiger partial charge in [0.1, 0.15) is 0 Å². The third kappa shape index (κ3) is 3.35. The summed E-state index contributed by atoms with van der Waals surface area (Å²) in [6, 6.07) is 5.06. The Morgan fingerprint density at radius 3 is 2.94 bits per heavy atom. The standard InChI is InChI=1S/C12H12ClNO3S/c13-11-2-1-10(18-11)12(16)14-5-3-9(15)8-4-6-17-7-8/h1-2,4,6-7,9,15H,3,5H2,(H,14,16). The smallest absolute Gasteiger partial charge is 0.261 e. The van der Waals surface area contributed by atoms with Crippen molar-refractivity contribution in [2.45, 2.75) is 12.5 Å². The van der Waals surface area contributed by atoms with Gasteiger partial charge in [-0.25, -0.2) is 0 Å². The molecule has 2 aromatic heterocycles. The molecule has 0 aliphatic heterocycles. The highest BCUT2D eigenvalue weighted by Gasteiger charge is 2.11. The lowest BCUT2D eigenvalue weighted by molar-refractivity contribution is 0.0946. The van der Waals surface area contributed by atoms with Crippen LogP contribution in [-0.4, -0.2) is 17.6 Å². The Hall–Kier alpha value is -1.30. The first-order valence-corrected chi connectivity index (χ1v) is 6.60. The molecule has 0 radical (unpaired) electrons. The van der Waals surface area contributed by atoms with Crippen molar-refractivity contribution in [3.05, 3.63) is 45.5 Å². The van der Waals surface area contributed by atoms with E-state index < -0.39 is 6.10 Å². The van der Waals surface area contributed by atoms with E-state index in [0.717, 1.165) is 0 Å². The van der Waals surface area contributed by atoms with Gasteiger partial charge in [0, 0.05) is 12.1 Å². The first-order valence-electron chi connectivity index (χ1n) is 5.40. The van der Waals surface area contributed by atoms with Crippen LogP contribution in [0, 0.1) is 0 Å². The van der Waals surface area contributed by atoms with Gasteiger partial charge in [0.15, 0.2) is 0 Å². The van der Waals surface area contributed by atoms with Crippen LogP contribution >= 0.6 is 22.9 Å². The summed E-state index contributed by atoms with van der Waals surface area (Å²) in [6.07, 6.45) is 2.80. The fourth-order valence-electron chi connectivity index (χ4n) is 1.48. The molecule has 2 N–H and O–H groups in total. The molecule has 1 unspecified atom stereocenters. The van der Waals surface area contributed by atoms with Crippen LogP contribution in [0.15, 0.2) is 35.1 Å². The monoisotopic (exact) mass is 285 g/mol. The van der Waals surface area contributed by atoms with Crippen LogP contribution in [0.4, 0.5) is 0 Å². The predicted molar refractivity (Wildman–Crippen MR) is 69.9 cm³/mol. The molecular weight excluding hydrogens is 274 g/mol. The summed E-state index contributed by atoms with van der Waals surface area (Å²) in [5.74, 6) is -0.175. The number of aliphatic hydroxyl groups is 1. The van der Waals surface area contributed by atoms with E-state index in [4.69, 9.17) is 16.0 Å². The largest absolute Gasteiger partial charge is 0.472 e. The molecule has 1 amide bonds. The fourth-order valence-corrected chi connectivity index (χ4v) is 2.44. The number of halogens is 1. The molecule has 0 saturated carbocycles. The number of carbonyl (C=O) groups is 1. The van der Waals surface area contributed by atoms with Crippen molar-refractivity contribution >= 4 is 28.8 Å². The van der Waals surface area contributed by atoms with Crippen molar-refractivity contribution in [1.82, 2.24) is 5.32 Å². The van der Waals surface area contributed by atoms with Gasteiger partial charge in [-0.05, 0) is 24.6 Å². The topological polar surface area (TPSA) is 62.5 Å². The van der Waals surface area contributed by atoms with Gasteiger partial charge in [0.25, 0.3) is 5.91 Å². The van der Waals surface area contributed by atoms with E-state index in [1.807, 2.05) is 0 Å². The van der Waals surface area contributed by atoms with Crippen LogP contribution in [0.1, 0.15) is 27.8 Å². The molecule has 2 heterocycles. The molecule has 0 aromatic carbocycles. The SMILES string of the molecule is O=C(NCCC(O)c1ccoc1)c1ccc(Cl)s1. The van der Waals surface area contributed by atoms with E-state index in [9.17, 15) is 9.90 Å². The average Bonchev–Trinajstić information content (AvgIpc) is 2.99. The minimum Gasteiger partial charge on any atom is -0.472 e. The number of nitrogens with one attached hydrogen (secondary N) is 1. The number of hydrogen-bond acceptors (Lipinski definition) is 4. The molecule has 0 bridgehead atoms. The molecule has 96 valence electrons. The van der Waals surface area contributed by atoms with Crippen LogP contribution in [0.2, 0.25) is 4.34 Å². The third-order valence-electron chi connectivity index (χ3n) is 2.43. The molecule has 2 aromatic rings. The van der Waals surface area contributed by atoms with E-state index >= 15 is 0 Å². The molecule has 18 heavy (non-hydrogen) atoms. The Balaban J connectivity index is 1.77. The number of carbonyl (C=O) groups excluding carboxylic acids is 1. The second-order valence-corrected chi connectivity index (χ2v) is 5.44. The number of thiophene rings is 1. The highest BCUT2D eigenvalue weighted by atomic mass is 35.5. The van der Waals surface area contributed by atoms with Crippen molar-refractivity contribution in [2.24, 2.45) is 0 Å². The van der Waals surface area contributed by atoms with Crippen LogP contribution < -0.4 is 5.32 Å². The predicted octanol–water partition coefficient (Wildman–Crippen LogP) is 2.85. The van der Waals surface area contributed by atoms with E-state index in [0.29, 0.717) is 27.7 Å². The van der Waals surface area contributed by atoms with Crippen LogP contribution in [0.5, 0.6) is 0 Å². The minimum atomic E-state index is -0.629. The fraction of sp³-hybridized carbons (Fsp3) is 0.250. The zero-order chi connectivity index (χ0) is 13.0. The Morgan fingerprint density at radius 2 is 2.33 bits per heavy atom. The van der Waals surface area contributed by atoms with Gasteiger partial charge in [-0.2, -0.15) is 0 Å². The summed E-state index contributed by atoms with van der Waals surface area (Å²) in [5, 5.41) is 12.5. The zero-order valence-corrected chi connectivity index (χ0v) is 11.0. The molecule has 0 spiro atoms. The van der Waals surface area contributed by atoms with Crippen LogP contribution in [-0.2, 0) is 0 Å². The lowest BCUT2D eigenvalue weighted by atomic mass is 10.1. The molecule has 2 rings (SSSR count). The number of aliphatic hydroxyl groups excluding tert-OH is 1. The second kappa shape index (κ2) is 6.04. The van der Waals surface area contributed by atoms with Crippen molar-refractivity contribution < 1.29 is 14.3 Å². The molecule has 0 saturated heterocycles. The van der Waals surface area contributed by atoms with Crippen LogP contribution in [0.25, 0.3) is 0 Å². The van der Waals surface area contributed by atoms with Crippen molar-refractivity contribution in [1.29, 1.82) is 0 Å². The highest BCUT2D eigenvalue weighted by molar-refractivity contribution is 7.17. The lowest BCUT2D eigenvalue weighted by Crippen LogP contribution is -2.24. The summed E-state index contributed by atoms with van der Waals surface area (Å²) in [5.41, 5.74) is 0.711. The van der Waals surface area contributed by atoms with Crippen LogP contribution in [0.3, 0.4) is 0 Å². The Kier molecular flexibility index (Phi) is 4.41. The Labute approximate surface area is 113 Å². The second-order valence-electron chi connectivity index (χ2n) is 3.72. The first-order chi connectivity index (χ1) is 8.66. The maximum Gasteiger partial charge on any atom is 0.261 e. The third-order valence-corrected chi connectivity index (χ3v) is 3.66. The lowest BCUT2D eigenvalue weighted by Gasteiger charge is -2.08. The number of hydrogen-bond donors (Lipinski definition) is 2. The molecule has 1 atom stereocenters. The van der Waals surface area contributed by atoms with Crippen molar-refractivity contribution in [2.75, 3.05) is 6.54 Å². The van der Waals surface area contributed by atoms with Gasteiger partial charge < -0.3 is 14.8 Å². The number of rotatable bonds is 5. The maximum absolute atomic E-state index is 11.7. The van der Waals surface area contributed by atoms with E-state index in [-0.39, 0.29) is 5.91 Å². The average molecular weight is 286 g/mol. The van der Waals surface area contributed by atoms with E-state index in [2.05, 4.69) is 5.32 Å². The first kappa shape index (κ1) is 13.1. The summed E-state index contributed by atoms with van der Waals surface area (Å²) >= 11 is 6.97. The van der Waals surface area contributed by atoms with Crippen molar-refractivity contribution in [3.63, 3.8) is 0 Å². The highest BCUT2D eigenvalue weighted by Crippen LogP contribution is 2.21. The molecular formula is C12H12ClNO3S. The zero-order valence-electron chi connectivity index (χ0n) is 9.43.